The molecule has 3 heteroatoms. The summed E-state index contributed by atoms with van der Waals surface area (Å²) in [7, 11) is 3.16. The van der Waals surface area contributed by atoms with Gasteiger partial charge in [0.2, 0.25) is 0 Å². The van der Waals surface area contributed by atoms with E-state index in [0.717, 1.165) is 18.4 Å². The van der Waals surface area contributed by atoms with E-state index in [1.807, 2.05) is 6.08 Å². The molecular formula is C10H15NO2. The van der Waals surface area contributed by atoms with Gasteiger partial charge in [0, 0.05) is 0 Å². The third kappa shape index (κ3) is 2.42. The number of allylic oxidation sites excluding steroid dienone is 2. The largest absolute Gasteiger partial charge is 0.468 e. The predicted octanol–water partition coefficient (Wildman–Crippen LogP) is 1.02. The van der Waals surface area contributed by atoms with Crippen LogP contribution >= 0.6 is 0 Å². The van der Waals surface area contributed by atoms with E-state index in [2.05, 4.69) is 22.2 Å². The summed E-state index contributed by atoms with van der Waals surface area (Å²) in [5, 5.41) is 2.93. The molecule has 13 heavy (non-hydrogen) atoms. The number of esters is 1. The Labute approximate surface area is 78.5 Å². The van der Waals surface area contributed by atoms with Crippen LogP contribution in [0.1, 0.15) is 12.8 Å². The molecule has 72 valence electrons. The lowest BCUT2D eigenvalue weighted by molar-refractivity contribution is -0.141. The number of hydrogen-bond acceptors (Lipinski definition) is 3. The van der Waals surface area contributed by atoms with Crippen molar-refractivity contribution in [2.45, 2.75) is 18.9 Å². The minimum atomic E-state index is -0.318. The van der Waals surface area contributed by atoms with Gasteiger partial charge in [0.15, 0.2) is 0 Å². The molecule has 1 atom stereocenters. The Morgan fingerprint density at radius 3 is 2.85 bits per heavy atom. The van der Waals surface area contributed by atoms with Crippen molar-refractivity contribution in [1.29, 1.82) is 0 Å². The summed E-state index contributed by atoms with van der Waals surface area (Å²) in [6, 6.07) is -0.318. The lowest BCUT2D eigenvalue weighted by atomic mass is 10.0. The number of rotatable bonds is 3. The zero-order valence-electron chi connectivity index (χ0n) is 8.04. The van der Waals surface area contributed by atoms with Crippen molar-refractivity contribution in [3.05, 3.63) is 23.8 Å². The maximum atomic E-state index is 11.3. The van der Waals surface area contributed by atoms with Crippen molar-refractivity contribution >= 4 is 5.97 Å². The Kier molecular flexibility index (Phi) is 3.71. The maximum Gasteiger partial charge on any atom is 0.327 e. The van der Waals surface area contributed by atoms with E-state index in [1.165, 1.54) is 7.11 Å². The zero-order chi connectivity index (χ0) is 9.68. The molecule has 0 heterocycles. The molecule has 3 nitrogen and oxygen atoms in total. The molecule has 0 fully saturated rings. The Balaban J connectivity index is 2.71. The molecule has 0 aromatic heterocycles. The molecule has 0 aromatic rings. The van der Waals surface area contributed by atoms with Crippen LogP contribution in [0, 0.1) is 0 Å². The van der Waals surface area contributed by atoms with Crippen molar-refractivity contribution in [1.82, 2.24) is 5.32 Å². The molecule has 1 unspecified atom stereocenters. The number of likely N-dealkylation sites (N-methyl/N-ethyl adjacent to an activating group) is 1. The molecule has 0 radical (unpaired) electrons. The van der Waals surface area contributed by atoms with Crippen molar-refractivity contribution in [3.63, 3.8) is 0 Å². The van der Waals surface area contributed by atoms with E-state index < -0.39 is 0 Å². The summed E-state index contributed by atoms with van der Waals surface area (Å²) in [4.78, 5) is 11.3. The number of nitrogens with one attached hydrogen (secondary N) is 1. The number of carbonyl (C=O) groups is 1. The van der Waals surface area contributed by atoms with E-state index in [9.17, 15) is 4.79 Å². The van der Waals surface area contributed by atoms with Gasteiger partial charge in [0.05, 0.1) is 7.11 Å². The first kappa shape index (κ1) is 9.99. The summed E-state index contributed by atoms with van der Waals surface area (Å²) in [5.74, 6) is -0.236. The van der Waals surface area contributed by atoms with Crippen LogP contribution in [0.3, 0.4) is 0 Å². The average molecular weight is 181 g/mol. The smallest absolute Gasteiger partial charge is 0.327 e. The van der Waals surface area contributed by atoms with Crippen molar-refractivity contribution in [2.75, 3.05) is 14.2 Å². The molecular weight excluding hydrogens is 166 g/mol. The van der Waals surface area contributed by atoms with Gasteiger partial charge in [0.1, 0.15) is 6.04 Å². The monoisotopic (exact) mass is 181 g/mol. The average Bonchev–Trinajstić information content (AvgIpc) is 2.20. The van der Waals surface area contributed by atoms with Crippen LogP contribution in [0.5, 0.6) is 0 Å². The fourth-order valence-electron chi connectivity index (χ4n) is 1.39. The normalized spacial score (nSPS) is 17.8. The molecule has 0 aromatic carbocycles. The Bertz CT molecular complexity index is 243. The highest BCUT2D eigenvalue weighted by Gasteiger charge is 2.20. The molecule has 0 bridgehead atoms. The van der Waals surface area contributed by atoms with Crippen molar-refractivity contribution in [2.24, 2.45) is 0 Å². The number of ether oxygens (including phenoxy) is 1. The summed E-state index contributed by atoms with van der Waals surface area (Å²) in [5.41, 5.74) is 1.00. The van der Waals surface area contributed by atoms with Gasteiger partial charge in [-0.1, -0.05) is 18.2 Å². The molecule has 0 aliphatic heterocycles. The van der Waals surface area contributed by atoms with Crippen LogP contribution in [0.4, 0.5) is 0 Å². The minimum absolute atomic E-state index is 0.236. The first-order valence-electron chi connectivity index (χ1n) is 4.41. The molecule has 0 spiro atoms. The van der Waals surface area contributed by atoms with E-state index >= 15 is 0 Å². The zero-order valence-corrected chi connectivity index (χ0v) is 8.04. The van der Waals surface area contributed by atoms with Crippen molar-refractivity contribution < 1.29 is 9.53 Å². The second-order valence-corrected chi connectivity index (χ2v) is 2.93. The highest BCUT2D eigenvalue weighted by molar-refractivity contribution is 5.80. The SMILES string of the molecule is CNC(C(=O)OC)C1=CCCC=C1. The second-order valence-electron chi connectivity index (χ2n) is 2.93. The van der Waals surface area contributed by atoms with E-state index in [4.69, 9.17) is 0 Å². The molecule has 1 N–H and O–H groups in total. The van der Waals surface area contributed by atoms with Gasteiger partial charge in [-0.2, -0.15) is 0 Å². The number of hydrogen-bond donors (Lipinski definition) is 1. The third-order valence-electron chi connectivity index (χ3n) is 2.08. The fraction of sp³-hybridized carbons (Fsp3) is 0.500. The van der Waals surface area contributed by atoms with Crippen LogP contribution < -0.4 is 5.32 Å². The van der Waals surface area contributed by atoms with Gasteiger partial charge in [-0.25, -0.2) is 4.79 Å². The highest BCUT2D eigenvalue weighted by atomic mass is 16.5. The van der Waals surface area contributed by atoms with E-state index in [1.54, 1.807) is 7.05 Å². The number of carbonyl (C=O) groups excluding carboxylic acids is 1. The quantitative estimate of drug-likeness (QED) is 0.661. The van der Waals surface area contributed by atoms with Crippen molar-refractivity contribution in [3.8, 4) is 0 Å². The molecule has 0 saturated heterocycles. The molecule has 0 saturated carbocycles. The Morgan fingerprint density at radius 2 is 2.38 bits per heavy atom. The molecule has 0 amide bonds. The van der Waals surface area contributed by atoms with Crippen LogP contribution in [-0.4, -0.2) is 26.2 Å². The molecule has 1 aliphatic rings. The lowest BCUT2D eigenvalue weighted by Crippen LogP contribution is -2.36. The highest BCUT2D eigenvalue weighted by Crippen LogP contribution is 2.13. The standard InChI is InChI=1S/C10H15NO2/c1-11-9(10(12)13-2)8-6-4-3-5-7-8/h4,6-7,9,11H,3,5H2,1-2H3. The van der Waals surface area contributed by atoms with Gasteiger partial charge in [0.25, 0.3) is 0 Å². The Hall–Kier alpha value is -1.09. The van der Waals surface area contributed by atoms with Gasteiger partial charge in [-0.05, 0) is 25.5 Å². The van der Waals surface area contributed by atoms with Gasteiger partial charge in [-0.15, -0.1) is 0 Å². The third-order valence-corrected chi connectivity index (χ3v) is 2.08. The fourth-order valence-corrected chi connectivity index (χ4v) is 1.39. The Morgan fingerprint density at radius 1 is 1.62 bits per heavy atom. The second kappa shape index (κ2) is 4.82. The molecule has 1 aliphatic carbocycles. The van der Waals surface area contributed by atoms with Gasteiger partial charge >= 0.3 is 5.97 Å². The maximum absolute atomic E-state index is 11.3. The summed E-state index contributed by atoms with van der Waals surface area (Å²) in [6.07, 6.45) is 8.17. The molecule has 1 rings (SSSR count). The summed E-state index contributed by atoms with van der Waals surface area (Å²) >= 11 is 0. The van der Waals surface area contributed by atoms with Gasteiger partial charge < -0.3 is 10.1 Å². The van der Waals surface area contributed by atoms with Crippen LogP contribution in [-0.2, 0) is 9.53 Å². The van der Waals surface area contributed by atoms with Crippen LogP contribution in [0.15, 0.2) is 23.8 Å². The number of methoxy groups -OCH3 is 1. The van der Waals surface area contributed by atoms with Crippen LogP contribution in [0.2, 0.25) is 0 Å². The summed E-state index contributed by atoms with van der Waals surface area (Å²) in [6.45, 7) is 0. The van der Waals surface area contributed by atoms with Crippen LogP contribution in [0.25, 0.3) is 0 Å². The van der Waals surface area contributed by atoms with E-state index in [0.29, 0.717) is 0 Å². The predicted molar refractivity (Wildman–Crippen MR) is 51.3 cm³/mol. The summed E-state index contributed by atoms with van der Waals surface area (Å²) < 4.78 is 4.68. The lowest BCUT2D eigenvalue weighted by Gasteiger charge is -2.16. The topological polar surface area (TPSA) is 38.3 Å². The first-order valence-corrected chi connectivity index (χ1v) is 4.41. The van der Waals surface area contributed by atoms with Gasteiger partial charge in [-0.3, -0.25) is 0 Å². The first-order chi connectivity index (χ1) is 6.29. The minimum Gasteiger partial charge on any atom is -0.468 e. The van der Waals surface area contributed by atoms with E-state index in [-0.39, 0.29) is 12.0 Å².